The maximum Gasteiger partial charge on any atom is 0.238 e. The van der Waals surface area contributed by atoms with E-state index in [0.717, 1.165) is 11.3 Å². The van der Waals surface area contributed by atoms with Gasteiger partial charge < -0.3 is 19.0 Å². The van der Waals surface area contributed by atoms with Crippen molar-refractivity contribution in [3.63, 3.8) is 0 Å². The van der Waals surface area contributed by atoms with E-state index in [1.165, 1.54) is 0 Å². The summed E-state index contributed by atoms with van der Waals surface area (Å²) in [6.07, 6.45) is 2.17. The van der Waals surface area contributed by atoms with Crippen molar-refractivity contribution in [2.45, 2.75) is 18.9 Å². The standard InChI is InChI=1S/C17H15N3O4/c21-15(18-12-10-23-13-5-2-1-4-11(12)13)7-8-16-19-17(20-24-16)14-6-3-9-22-14/h1-6,9,12H,7-8,10H2,(H,18,21). The molecule has 0 aliphatic carbocycles. The number of fused-ring (bicyclic) bond motifs is 1. The summed E-state index contributed by atoms with van der Waals surface area (Å²) in [6.45, 7) is 0.453. The minimum absolute atomic E-state index is 0.0851. The van der Waals surface area contributed by atoms with E-state index in [0.29, 0.717) is 30.5 Å². The summed E-state index contributed by atoms with van der Waals surface area (Å²) in [5, 5.41) is 6.81. The van der Waals surface area contributed by atoms with Crippen molar-refractivity contribution in [2.75, 3.05) is 6.61 Å². The molecule has 24 heavy (non-hydrogen) atoms. The molecule has 7 heteroatoms. The number of rotatable bonds is 5. The van der Waals surface area contributed by atoms with Gasteiger partial charge in [0.25, 0.3) is 0 Å². The van der Waals surface area contributed by atoms with Crippen LogP contribution in [-0.4, -0.2) is 22.7 Å². The fourth-order valence-electron chi connectivity index (χ4n) is 2.63. The van der Waals surface area contributed by atoms with Gasteiger partial charge >= 0.3 is 0 Å². The highest BCUT2D eigenvalue weighted by Gasteiger charge is 2.25. The van der Waals surface area contributed by atoms with Gasteiger partial charge in [0.1, 0.15) is 12.4 Å². The number of para-hydroxylation sites is 1. The Kier molecular flexibility index (Phi) is 3.74. The highest BCUT2D eigenvalue weighted by atomic mass is 16.5. The zero-order valence-corrected chi connectivity index (χ0v) is 12.8. The molecule has 1 amide bonds. The number of aromatic nitrogens is 2. The number of furan rings is 1. The highest BCUT2D eigenvalue weighted by molar-refractivity contribution is 5.77. The Balaban J connectivity index is 1.33. The highest BCUT2D eigenvalue weighted by Crippen LogP contribution is 2.31. The monoisotopic (exact) mass is 325 g/mol. The average molecular weight is 325 g/mol. The van der Waals surface area contributed by atoms with E-state index in [-0.39, 0.29) is 18.4 Å². The van der Waals surface area contributed by atoms with Crippen LogP contribution in [0.1, 0.15) is 23.9 Å². The number of hydrogen-bond donors (Lipinski definition) is 1. The summed E-state index contributed by atoms with van der Waals surface area (Å²) >= 11 is 0. The molecule has 1 unspecified atom stereocenters. The largest absolute Gasteiger partial charge is 0.491 e. The van der Waals surface area contributed by atoms with Crippen LogP contribution >= 0.6 is 0 Å². The number of carbonyl (C=O) groups excluding carboxylic acids is 1. The summed E-state index contributed by atoms with van der Waals surface area (Å²) in [4.78, 5) is 16.4. The van der Waals surface area contributed by atoms with Crippen LogP contribution in [0.25, 0.3) is 11.6 Å². The second-order valence-corrected chi connectivity index (χ2v) is 5.46. The lowest BCUT2D eigenvalue weighted by molar-refractivity contribution is -0.122. The first-order valence-corrected chi connectivity index (χ1v) is 7.67. The minimum atomic E-state index is -0.116. The second-order valence-electron chi connectivity index (χ2n) is 5.46. The third-order valence-corrected chi connectivity index (χ3v) is 3.81. The molecule has 1 N–H and O–H groups in total. The fourth-order valence-corrected chi connectivity index (χ4v) is 2.63. The van der Waals surface area contributed by atoms with E-state index < -0.39 is 0 Å². The molecule has 1 atom stereocenters. The molecule has 0 spiro atoms. The van der Waals surface area contributed by atoms with Crippen molar-refractivity contribution in [3.05, 3.63) is 54.1 Å². The lowest BCUT2D eigenvalue weighted by atomic mass is 10.1. The normalized spacial score (nSPS) is 15.8. The van der Waals surface area contributed by atoms with E-state index in [2.05, 4.69) is 15.5 Å². The van der Waals surface area contributed by atoms with Gasteiger partial charge in [-0.2, -0.15) is 4.98 Å². The Labute approximate surface area is 137 Å². The van der Waals surface area contributed by atoms with Crippen molar-refractivity contribution in [1.29, 1.82) is 0 Å². The van der Waals surface area contributed by atoms with Crippen LogP contribution in [0.3, 0.4) is 0 Å². The van der Waals surface area contributed by atoms with Gasteiger partial charge in [-0.25, -0.2) is 0 Å². The Hall–Kier alpha value is -3.09. The number of carbonyl (C=O) groups is 1. The first-order chi connectivity index (χ1) is 11.8. The van der Waals surface area contributed by atoms with Crippen molar-refractivity contribution in [1.82, 2.24) is 15.5 Å². The first-order valence-electron chi connectivity index (χ1n) is 7.67. The molecule has 0 fully saturated rings. The summed E-state index contributed by atoms with van der Waals surface area (Å²) < 4.78 is 15.9. The molecule has 0 bridgehead atoms. The summed E-state index contributed by atoms with van der Waals surface area (Å²) in [5.74, 6) is 2.06. The minimum Gasteiger partial charge on any atom is -0.491 e. The number of hydrogen-bond acceptors (Lipinski definition) is 6. The van der Waals surface area contributed by atoms with Crippen molar-refractivity contribution < 1.29 is 18.5 Å². The molecule has 3 aromatic rings. The molecule has 4 rings (SSSR count). The van der Waals surface area contributed by atoms with Gasteiger partial charge in [0.2, 0.25) is 17.6 Å². The molecule has 0 saturated heterocycles. The van der Waals surface area contributed by atoms with Gasteiger partial charge in [-0.15, -0.1) is 0 Å². The number of aryl methyl sites for hydroxylation is 1. The molecular weight excluding hydrogens is 310 g/mol. The van der Waals surface area contributed by atoms with E-state index in [9.17, 15) is 4.79 Å². The summed E-state index contributed by atoms with van der Waals surface area (Å²) in [7, 11) is 0. The lowest BCUT2D eigenvalue weighted by Gasteiger charge is -2.10. The third-order valence-electron chi connectivity index (χ3n) is 3.81. The predicted molar refractivity (Wildman–Crippen MR) is 83.1 cm³/mol. The molecule has 1 aromatic carbocycles. The topological polar surface area (TPSA) is 90.4 Å². The van der Waals surface area contributed by atoms with Crippen LogP contribution in [0.4, 0.5) is 0 Å². The molecule has 3 heterocycles. The number of nitrogens with one attached hydrogen (secondary N) is 1. The van der Waals surface area contributed by atoms with Gasteiger partial charge in [0.15, 0.2) is 5.76 Å². The Morgan fingerprint density at radius 2 is 2.17 bits per heavy atom. The summed E-state index contributed by atoms with van der Waals surface area (Å²) in [5.41, 5.74) is 1.00. The maximum atomic E-state index is 12.1. The van der Waals surface area contributed by atoms with Gasteiger partial charge in [0.05, 0.1) is 12.3 Å². The predicted octanol–water partition coefficient (Wildman–Crippen LogP) is 2.51. The van der Waals surface area contributed by atoms with E-state index in [1.807, 2.05) is 24.3 Å². The van der Waals surface area contributed by atoms with Crippen LogP contribution in [0.5, 0.6) is 5.75 Å². The van der Waals surface area contributed by atoms with Crippen molar-refractivity contribution >= 4 is 5.91 Å². The Bertz CT molecular complexity index is 841. The molecule has 7 nitrogen and oxygen atoms in total. The first kappa shape index (κ1) is 14.5. The smallest absolute Gasteiger partial charge is 0.238 e. The van der Waals surface area contributed by atoms with Crippen molar-refractivity contribution in [3.8, 4) is 17.3 Å². The Morgan fingerprint density at radius 3 is 3.04 bits per heavy atom. The van der Waals surface area contributed by atoms with E-state index >= 15 is 0 Å². The molecule has 2 aromatic heterocycles. The van der Waals surface area contributed by atoms with Gasteiger partial charge in [-0.1, -0.05) is 23.4 Å². The molecule has 0 saturated carbocycles. The van der Waals surface area contributed by atoms with E-state index in [1.54, 1.807) is 18.4 Å². The molecular formula is C17H15N3O4. The van der Waals surface area contributed by atoms with E-state index in [4.69, 9.17) is 13.7 Å². The molecule has 0 radical (unpaired) electrons. The molecule has 1 aliphatic heterocycles. The van der Waals surface area contributed by atoms with Crippen LogP contribution in [0.15, 0.2) is 51.6 Å². The number of nitrogens with zero attached hydrogens (tertiary/aromatic N) is 2. The molecule has 1 aliphatic rings. The summed E-state index contributed by atoms with van der Waals surface area (Å²) in [6, 6.07) is 11.1. The van der Waals surface area contributed by atoms with Crippen LogP contribution in [-0.2, 0) is 11.2 Å². The van der Waals surface area contributed by atoms with Gasteiger partial charge in [-0.05, 0) is 18.2 Å². The van der Waals surface area contributed by atoms with Crippen molar-refractivity contribution in [2.24, 2.45) is 0 Å². The third kappa shape index (κ3) is 2.88. The zero-order valence-electron chi connectivity index (χ0n) is 12.8. The molecule has 122 valence electrons. The fraction of sp³-hybridized carbons (Fsp3) is 0.235. The number of benzene rings is 1. The quantitative estimate of drug-likeness (QED) is 0.775. The van der Waals surface area contributed by atoms with Gasteiger partial charge in [0, 0.05) is 18.4 Å². The van der Waals surface area contributed by atoms with Crippen LogP contribution in [0, 0.1) is 0 Å². The number of ether oxygens (including phenoxy) is 1. The zero-order chi connectivity index (χ0) is 16.4. The maximum absolute atomic E-state index is 12.1. The Morgan fingerprint density at radius 1 is 1.25 bits per heavy atom. The SMILES string of the molecule is O=C(CCc1nc(-c2ccco2)no1)NC1COc2ccccc21. The van der Waals surface area contributed by atoms with Crippen LogP contribution in [0.2, 0.25) is 0 Å². The van der Waals surface area contributed by atoms with Crippen LogP contribution < -0.4 is 10.1 Å². The second kappa shape index (κ2) is 6.19. The number of amides is 1. The van der Waals surface area contributed by atoms with Gasteiger partial charge in [-0.3, -0.25) is 4.79 Å². The average Bonchev–Trinajstić information content (AvgIpc) is 3.34. The lowest BCUT2D eigenvalue weighted by Crippen LogP contribution is -2.29.